The quantitative estimate of drug-likeness (QED) is 0.558. The monoisotopic (exact) mass is 441 g/mol. The van der Waals surface area contributed by atoms with Crippen molar-refractivity contribution in [3.63, 3.8) is 0 Å². The Morgan fingerprint density at radius 1 is 1.13 bits per heavy atom. The molecular formula is C23H27N3O4S. The fourth-order valence-corrected chi connectivity index (χ4v) is 5.43. The topological polar surface area (TPSA) is 91.8 Å². The Balaban J connectivity index is 1.41. The van der Waals surface area contributed by atoms with Crippen LogP contribution in [-0.2, 0) is 16.6 Å². The van der Waals surface area contributed by atoms with E-state index in [1.165, 1.54) is 0 Å². The summed E-state index contributed by atoms with van der Waals surface area (Å²) in [6.45, 7) is 2.59. The molecule has 2 aromatic carbocycles. The van der Waals surface area contributed by atoms with Gasteiger partial charge >= 0.3 is 0 Å². The van der Waals surface area contributed by atoms with Crippen LogP contribution >= 0.6 is 0 Å². The molecule has 8 heteroatoms. The predicted molar refractivity (Wildman–Crippen MR) is 119 cm³/mol. The third kappa shape index (κ3) is 5.40. The number of para-hydroxylation sites is 1. The number of aliphatic hydroxyl groups is 1. The number of rotatable bonds is 8. The first-order chi connectivity index (χ1) is 15.0. The predicted octanol–water partition coefficient (Wildman–Crippen LogP) is 2.55. The lowest BCUT2D eigenvalue weighted by molar-refractivity contribution is 0.194. The largest absolute Gasteiger partial charge is 0.491 e. The van der Waals surface area contributed by atoms with Gasteiger partial charge < -0.3 is 9.84 Å². The molecule has 1 atom stereocenters. The van der Waals surface area contributed by atoms with Crippen molar-refractivity contribution in [1.82, 2.24) is 14.6 Å². The van der Waals surface area contributed by atoms with E-state index in [1.54, 1.807) is 24.4 Å². The molecule has 1 aromatic heterocycles. The minimum atomic E-state index is -3.67. The molecule has 0 spiro atoms. The molecule has 0 radical (unpaired) electrons. The number of likely N-dealkylation sites (tertiary alicyclic amines) is 1. The number of pyridine rings is 1. The summed E-state index contributed by atoms with van der Waals surface area (Å²) in [5, 5.41) is 9.65. The van der Waals surface area contributed by atoms with Crippen LogP contribution in [-0.4, -0.2) is 55.8 Å². The second kappa shape index (κ2) is 9.74. The van der Waals surface area contributed by atoms with Gasteiger partial charge in [0, 0.05) is 30.7 Å². The molecule has 2 heterocycles. The van der Waals surface area contributed by atoms with E-state index in [2.05, 4.69) is 14.6 Å². The second-order valence-electron chi connectivity index (χ2n) is 7.74. The van der Waals surface area contributed by atoms with Crippen molar-refractivity contribution in [3.05, 3.63) is 66.4 Å². The second-order valence-corrected chi connectivity index (χ2v) is 9.43. The maximum absolute atomic E-state index is 13.1. The van der Waals surface area contributed by atoms with E-state index in [1.807, 2.05) is 36.4 Å². The standard InChI is InChI=1S/C23H27N3O4S/c27-14-15-30-21-10-8-18(9-11-21)16-26-13-3-6-20(17-26)25-31(28,29)22-7-1-4-19-5-2-12-24-23(19)22/h1-2,4-5,7-12,20,25,27H,3,6,13-17H2/t20-/m1/s1. The molecule has 0 bridgehead atoms. The first kappa shape index (κ1) is 21.7. The highest BCUT2D eigenvalue weighted by Crippen LogP contribution is 2.22. The smallest absolute Gasteiger partial charge is 0.243 e. The number of hydrogen-bond donors (Lipinski definition) is 2. The molecule has 0 saturated carbocycles. The van der Waals surface area contributed by atoms with E-state index >= 15 is 0 Å². The van der Waals surface area contributed by atoms with Crippen LogP contribution in [0.2, 0.25) is 0 Å². The number of aliphatic hydroxyl groups excluding tert-OH is 1. The molecule has 3 aromatic rings. The summed E-state index contributed by atoms with van der Waals surface area (Å²) in [6.07, 6.45) is 3.35. The highest BCUT2D eigenvalue weighted by Gasteiger charge is 2.26. The Bertz CT molecular complexity index is 1110. The van der Waals surface area contributed by atoms with Gasteiger partial charge in [-0.15, -0.1) is 0 Å². The van der Waals surface area contributed by atoms with Crippen LogP contribution in [0.5, 0.6) is 5.75 Å². The van der Waals surface area contributed by atoms with Crippen LogP contribution in [0, 0.1) is 0 Å². The maximum atomic E-state index is 13.1. The zero-order chi connectivity index (χ0) is 21.7. The lowest BCUT2D eigenvalue weighted by Gasteiger charge is -2.33. The van der Waals surface area contributed by atoms with Gasteiger partial charge in [0.1, 0.15) is 17.3 Å². The van der Waals surface area contributed by atoms with E-state index < -0.39 is 10.0 Å². The lowest BCUT2D eigenvalue weighted by atomic mass is 10.1. The molecule has 0 aliphatic carbocycles. The van der Waals surface area contributed by atoms with Crippen LogP contribution in [0.15, 0.2) is 65.7 Å². The van der Waals surface area contributed by atoms with Gasteiger partial charge in [0.15, 0.2) is 0 Å². The van der Waals surface area contributed by atoms with Crippen molar-refractivity contribution >= 4 is 20.9 Å². The van der Waals surface area contributed by atoms with Crippen molar-refractivity contribution in [3.8, 4) is 5.75 Å². The fraction of sp³-hybridized carbons (Fsp3) is 0.348. The summed E-state index contributed by atoms with van der Waals surface area (Å²) in [7, 11) is -3.67. The van der Waals surface area contributed by atoms with E-state index in [9.17, 15) is 8.42 Å². The molecule has 164 valence electrons. The Kier molecular flexibility index (Phi) is 6.82. The number of sulfonamides is 1. The summed E-state index contributed by atoms with van der Waals surface area (Å²) in [5.74, 6) is 0.728. The first-order valence-corrected chi connectivity index (χ1v) is 11.9. The van der Waals surface area contributed by atoms with Crippen molar-refractivity contribution in [1.29, 1.82) is 0 Å². The van der Waals surface area contributed by atoms with Gasteiger partial charge in [-0.3, -0.25) is 9.88 Å². The van der Waals surface area contributed by atoms with Crippen molar-refractivity contribution in [2.24, 2.45) is 0 Å². The lowest BCUT2D eigenvalue weighted by Crippen LogP contribution is -2.47. The van der Waals surface area contributed by atoms with Crippen LogP contribution < -0.4 is 9.46 Å². The van der Waals surface area contributed by atoms with Gasteiger partial charge in [-0.2, -0.15) is 0 Å². The third-order valence-electron chi connectivity index (χ3n) is 5.40. The molecule has 2 N–H and O–H groups in total. The van der Waals surface area contributed by atoms with Crippen LogP contribution in [0.4, 0.5) is 0 Å². The highest BCUT2D eigenvalue weighted by molar-refractivity contribution is 7.89. The van der Waals surface area contributed by atoms with Gasteiger partial charge in [0.2, 0.25) is 10.0 Å². The summed E-state index contributed by atoms with van der Waals surface area (Å²) < 4.78 is 34.5. The highest BCUT2D eigenvalue weighted by atomic mass is 32.2. The summed E-state index contributed by atoms with van der Waals surface area (Å²) in [4.78, 5) is 6.77. The fourth-order valence-electron chi connectivity index (χ4n) is 3.98. The van der Waals surface area contributed by atoms with Gasteiger partial charge in [0.05, 0.1) is 12.1 Å². The molecule has 1 fully saturated rings. The molecule has 0 amide bonds. The minimum absolute atomic E-state index is 0.0122. The molecule has 7 nitrogen and oxygen atoms in total. The molecule has 0 unspecified atom stereocenters. The number of ether oxygens (including phenoxy) is 1. The van der Waals surface area contributed by atoms with Crippen LogP contribution in [0.1, 0.15) is 18.4 Å². The van der Waals surface area contributed by atoms with Crippen molar-refractivity contribution in [2.75, 3.05) is 26.3 Å². The minimum Gasteiger partial charge on any atom is -0.491 e. The van der Waals surface area contributed by atoms with Gasteiger partial charge in [-0.05, 0) is 49.2 Å². The van der Waals surface area contributed by atoms with E-state index in [0.717, 1.165) is 42.6 Å². The molecule has 1 saturated heterocycles. The van der Waals surface area contributed by atoms with Crippen molar-refractivity contribution < 1.29 is 18.3 Å². The van der Waals surface area contributed by atoms with E-state index in [4.69, 9.17) is 9.84 Å². The first-order valence-electron chi connectivity index (χ1n) is 10.5. The number of fused-ring (bicyclic) bond motifs is 1. The normalized spacial score (nSPS) is 17.6. The maximum Gasteiger partial charge on any atom is 0.243 e. The number of piperidine rings is 1. The molecule has 1 aliphatic heterocycles. The average Bonchev–Trinajstić information content (AvgIpc) is 2.78. The Labute approximate surface area is 182 Å². The number of nitrogens with one attached hydrogen (secondary N) is 1. The zero-order valence-electron chi connectivity index (χ0n) is 17.3. The SMILES string of the molecule is O=S(=O)(N[C@@H]1CCCN(Cc2ccc(OCCO)cc2)C1)c1cccc2cccnc12. The van der Waals surface area contributed by atoms with E-state index in [0.29, 0.717) is 12.1 Å². The Morgan fingerprint density at radius 2 is 1.94 bits per heavy atom. The number of benzene rings is 2. The molecule has 4 rings (SSSR count). The third-order valence-corrected chi connectivity index (χ3v) is 6.95. The van der Waals surface area contributed by atoms with E-state index in [-0.39, 0.29) is 24.2 Å². The van der Waals surface area contributed by atoms with Crippen molar-refractivity contribution in [2.45, 2.75) is 30.3 Å². The van der Waals surface area contributed by atoms with Gasteiger partial charge in [0.25, 0.3) is 0 Å². The zero-order valence-corrected chi connectivity index (χ0v) is 18.1. The van der Waals surface area contributed by atoms with Crippen LogP contribution in [0.25, 0.3) is 10.9 Å². The Morgan fingerprint density at radius 3 is 2.74 bits per heavy atom. The number of hydrogen-bond acceptors (Lipinski definition) is 6. The average molecular weight is 442 g/mol. The summed E-state index contributed by atoms with van der Waals surface area (Å²) in [5.41, 5.74) is 1.63. The number of nitrogens with zero attached hydrogens (tertiary/aromatic N) is 2. The molecule has 31 heavy (non-hydrogen) atoms. The van der Waals surface area contributed by atoms with Gasteiger partial charge in [-0.1, -0.05) is 30.3 Å². The van der Waals surface area contributed by atoms with Crippen LogP contribution in [0.3, 0.4) is 0 Å². The molecular weight excluding hydrogens is 414 g/mol. The Hall–Kier alpha value is -2.52. The number of aromatic nitrogens is 1. The summed E-state index contributed by atoms with van der Waals surface area (Å²) >= 11 is 0. The summed E-state index contributed by atoms with van der Waals surface area (Å²) in [6, 6.07) is 16.5. The van der Waals surface area contributed by atoms with Gasteiger partial charge in [-0.25, -0.2) is 13.1 Å². The molecule has 1 aliphatic rings.